The van der Waals surface area contributed by atoms with E-state index >= 15 is 0 Å². The quantitative estimate of drug-likeness (QED) is 0.842. The zero-order chi connectivity index (χ0) is 13.3. The number of nitrogens with zero attached hydrogens (tertiary/aromatic N) is 2. The van der Waals surface area contributed by atoms with Crippen LogP contribution in [0.5, 0.6) is 0 Å². The number of rotatable bonds is 3. The molecule has 1 aliphatic rings. The van der Waals surface area contributed by atoms with Crippen LogP contribution < -0.4 is 5.32 Å². The fraction of sp³-hybridized carbons (Fsp3) is 0.714. The Morgan fingerprint density at radius 3 is 2.61 bits per heavy atom. The van der Waals surface area contributed by atoms with E-state index in [-0.39, 0.29) is 0 Å². The summed E-state index contributed by atoms with van der Waals surface area (Å²) < 4.78 is 0. The van der Waals surface area contributed by atoms with Crippen LogP contribution in [0.25, 0.3) is 0 Å². The molecule has 100 valence electrons. The molecule has 0 amide bonds. The minimum atomic E-state index is 0.513. The lowest BCUT2D eigenvalue weighted by Gasteiger charge is -2.22. The summed E-state index contributed by atoms with van der Waals surface area (Å²) in [4.78, 5) is 8.65. The van der Waals surface area contributed by atoms with Gasteiger partial charge in [-0.15, -0.1) is 0 Å². The van der Waals surface area contributed by atoms with Crippen molar-refractivity contribution < 1.29 is 0 Å². The molecule has 0 radical (unpaired) electrons. The Morgan fingerprint density at radius 1 is 1.28 bits per heavy atom. The number of aryl methyl sites for hydroxylation is 1. The number of hydrogen-bond donors (Lipinski definition) is 1. The molecule has 0 aliphatic heterocycles. The minimum absolute atomic E-state index is 0.513. The van der Waals surface area contributed by atoms with Gasteiger partial charge in [-0.25, -0.2) is 9.97 Å². The Labute approximate surface area is 114 Å². The first-order valence-corrected chi connectivity index (χ1v) is 7.18. The van der Waals surface area contributed by atoms with Crippen LogP contribution in [0.15, 0.2) is 0 Å². The van der Waals surface area contributed by atoms with Gasteiger partial charge in [-0.05, 0) is 38.5 Å². The molecule has 1 N–H and O–H groups in total. The number of halogens is 1. The fourth-order valence-corrected chi connectivity index (χ4v) is 3.15. The van der Waals surface area contributed by atoms with Gasteiger partial charge in [0.25, 0.3) is 0 Å². The molecule has 1 aromatic rings. The highest BCUT2D eigenvalue weighted by Gasteiger charge is 2.32. The Balaban J connectivity index is 2.15. The molecule has 0 aromatic carbocycles. The zero-order valence-electron chi connectivity index (χ0n) is 11.6. The molecule has 4 heteroatoms. The molecule has 0 spiro atoms. The van der Waals surface area contributed by atoms with Crippen molar-refractivity contribution in [1.29, 1.82) is 0 Å². The monoisotopic (exact) mass is 267 g/mol. The van der Waals surface area contributed by atoms with Crippen molar-refractivity contribution in [2.75, 3.05) is 5.32 Å². The summed E-state index contributed by atoms with van der Waals surface area (Å²) in [6, 6.07) is 0.513. The lowest BCUT2D eigenvalue weighted by Crippen LogP contribution is -2.25. The van der Waals surface area contributed by atoms with Crippen molar-refractivity contribution in [3.63, 3.8) is 0 Å². The smallest absolute Gasteiger partial charge is 0.137 e. The van der Waals surface area contributed by atoms with Gasteiger partial charge in [0.1, 0.15) is 16.8 Å². The Morgan fingerprint density at radius 2 is 2.00 bits per heavy atom. The first-order chi connectivity index (χ1) is 8.52. The maximum atomic E-state index is 6.11. The molecule has 1 aliphatic carbocycles. The van der Waals surface area contributed by atoms with E-state index in [9.17, 15) is 0 Å². The molecule has 1 aromatic heterocycles. The maximum Gasteiger partial charge on any atom is 0.137 e. The molecule has 1 heterocycles. The van der Waals surface area contributed by atoms with Crippen molar-refractivity contribution >= 4 is 17.4 Å². The van der Waals surface area contributed by atoms with Gasteiger partial charge in [0.2, 0.25) is 0 Å². The standard InChI is InChI=1S/C14H22ClN3/c1-5-11-6-7-12(8(11)2)18-14-9(3)13(15)16-10(4)17-14/h8,11-12H,5-7H2,1-4H3,(H,16,17,18). The lowest BCUT2D eigenvalue weighted by molar-refractivity contribution is 0.391. The van der Waals surface area contributed by atoms with Crippen molar-refractivity contribution in [2.24, 2.45) is 11.8 Å². The Hall–Kier alpha value is -0.830. The largest absolute Gasteiger partial charge is 0.367 e. The highest BCUT2D eigenvalue weighted by molar-refractivity contribution is 6.30. The van der Waals surface area contributed by atoms with E-state index in [1.807, 2.05) is 13.8 Å². The van der Waals surface area contributed by atoms with Crippen molar-refractivity contribution in [3.05, 3.63) is 16.5 Å². The molecule has 0 bridgehead atoms. The summed E-state index contributed by atoms with van der Waals surface area (Å²) in [6.07, 6.45) is 3.80. The third kappa shape index (κ3) is 2.61. The van der Waals surface area contributed by atoms with Crippen molar-refractivity contribution in [1.82, 2.24) is 9.97 Å². The van der Waals surface area contributed by atoms with Gasteiger partial charge in [-0.1, -0.05) is 31.9 Å². The topological polar surface area (TPSA) is 37.8 Å². The normalized spacial score (nSPS) is 27.5. The first kappa shape index (κ1) is 13.6. The van der Waals surface area contributed by atoms with Gasteiger partial charge >= 0.3 is 0 Å². The zero-order valence-corrected chi connectivity index (χ0v) is 12.4. The third-order valence-electron chi connectivity index (χ3n) is 4.27. The van der Waals surface area contributed by atoms with E-state index in [1.54, 1.807) is 0 Å². The molecule has 0 saturated heterocycles. The van der Waals surface area contributed by atoms with Crippen LogP contribution in [0.1, 0.15) is 44.5 Å². The van der Waals surface area contributed by atoms with E-state index < -0.39 is 0 Å². The number of aromatic nitrogens is 2. The third-order valence-corrected chi connectivity index (χ3v) is 4.64. The predicted octanol–water partition coefficient (Wildman–Crippen LogP) is 3.98. The van der Waals surface area contributed by atoms with E-state index in [2.05, 4.69) is 29.1 Å². The van der Waals surface area contributed by atoms with Crippen LogP contribution >= 0.6 is 11.6 Å². The van der Waals surface area contributed by atoms with Crippen LogP contribution in [0, 0.1) is 25.7 Å². The van der Waals surface area contributed by atoms with Crippen LogP contribution in [-0.2, 0) is 0 Å². The lowest BCUT2D eigenvalue weighted by atomic mass is 9.93. The summed E-state index contributed by atoms with van der Waals surface area (Å²) >= 11 is 6.11. The summed E-state index contributed by atoms with van der Waals surface area (Å²) in [5.41, 5.74) is 0.953. The summed E-state index contributed by atoms with van der Waals surface area (Å²) in [7, 11) is 0. The second kappa shape index (κ2) is 5.43. The van der Waals surface area contributed by atoms with Crippen molar-refractivity contribution in [3.8, 4) is 0 Å². The first-order valence-electron chi connectivity index (χ1n) is 6.80. The van der Waals surface area contributed by atoms with E-state index in [4.69, 9.17) is 11.6 Å². The van der Waals surface area contributed by atoms with Gasteiger partial charge in [-0.3, -0.25) is 0 Å². The van der Waals surface area contributed by atoms with E-state index in [0.717, 1.165) is 23.1 Å². The minimum Gasteiger partial charge on any atom is -0.367 e. The number of hydrogen-bond acceptors (Lipinski definition) is 3. The van der Waals surface area contributed by atoms with Crippen molar-refractivity contribution in [2.45, 2.75) is 53.0 Å². The number of nitrogens with one attached hydrogen (secondary N) is 1. The molecule has 3 unspecified atom stereocenters. The molecular weight excluding hydrogens is 246 g/mol. The summed E-state index contributed by atoms with van der Waals surface area (Å²) in [5.74, 6) is 3.16. The summed E-state index contributed by atoms with van der Waals surface area (Å²) in [6.45, 7) is 8.47. The highest BCUT2D eigenvalue weighted by atomic mass is 35.5. The molecule has 3 atom stereocenters. The average Bonchev–Trinajstić information content (AvgIpc) is 2.67. The van der Waals surface area contributed by atoms with Gasteiger partial charge in [0.15, 0.2) is 0 Å². The van der Waals surface area contributed by atoms with Gasteiger partial charge in [-0.2, -0.15) is 0 Å². The van der Waals surface area contributed by atoms with Crippen LogP contribution in [0.4, 0.5) is 5.82 Å². The molecule has 2 rings (SSSR count). The Bertz CT molecular complexity index is 433. The van der Waals surface area contributed by atoms with E-state index in [0.29, 0.717) is 17.1 Å². The van der Waals surface area contributed by atoms with Gasteiger partial charge in [0, 0.05) is 11.6 Å². The summed E-state index contributed by atoms with van der Waals surface area (Å²) in [5, 5.41) is 4.13. The van der Waals surface area contributed by atoms with Gasteiger partial charge in [0.05, 0.1) is 0 Å². The fourth-order valence-electron chi connectivity index (χ4n) is 2.94. The number of anilines is 1. The average molecular weight is 268 g/mol. The predicted molar refractivity (Wildman–Crippen MR) is 76.1 cm³/mol. The Kier molecular flexibility index (Phi) is 4.10. The van der Waals surface area contributed by atoms with Crippen LogP contribution in [0.2, 0.25) is 5.15 Å². The molecule has 1 fully saturated rings. The SMILES string of the molecule is CCC1CCC(Nc2nc(C)nc(Cl)c2C)C1C. The highest BCUT2D eigenvalue weighted by Crippen LogP contribution is 2.36. The molecule has 3 nitrogen and oxygen atoms in total. The van der Waals surface area contributed by atoms with Crippen LogP contribution in [-0.4, -0.2) is 16.0 Å². The van der Waals surface area contributed by atoms with Crippen LogP contribution in [0.3, 0.4) is 0 Å². The molecule has 1 saturated carbocycles. The molecule has 18 heavy (non-hydrogen) atoms. The van der Waals surface area contributed by atoms with Gasteiger partial charge < -0.3 is 5.32 Å². The van der Waals surface area contributed by atoms with E-state index in [1.165, 1.54) is 19.3 Å². The second-order valence-electron chi connectivity index (χ2n) is 5.39. The second-order valence-corrected chi connectivity index (χ2v) is 5.75. The maximum absolute atomic E-state index is 6.11. The molecular formula is C14H22ClN3.